The number of aliphatic carboxylic acids is 1. The SMILES string of the molecule is CCCOCCOc1ccc(-c2ccc3c(c2)C=C(C(=O)O)CCN3Cc2ccccc2OC)cc1. The summed E-state index contributed by atoms with van der Waals surface area (Å²) in [5, 5.41) is 9.75. The van der Waals surface area contributed by atoms with Crippen LogP contribution < -0.4 is 14.4 Å². The zero-order chi connectivity index (χ0) is 25.3. The van der Waals surface area contributed by atoms with Crippen LogP contribution in [0.2, 0.25) is 0 Å². The number of carboxylic acids is 1. The fourth-order valence-electron chi connectivity index (χ4n) is 4.35. The minimum Gasteiger partial charge on any atom is -0.496 e. The second-order valence-corrected chi connectivity index (χ2v) is 8.72. The Hall–Kier alpha value is -3.77. The molecular weight excluding hydrogens is 454 g/mol. The monoisotopic (exact) mass is 487 g/mol. The molecule has 188 valence electrons. The van der Waals surface area contributed by atoms with Crippen LogP contribution in [0.4, 0.5) is 5.69 Å². The van der Waals surface area contributed by atoms with E-state index in [1.807, 2.05) is 48.5 Å². The number of anilines is 1. The lowest BCUT2D eigenvalue weighted by Gasteiger charge is -2.26. The summed E-state index contributed by atoms with van der Waals surface area (Å²) in [4.78, 5) is 14.1. The third kappa shape index (κ3) is 6.26. The van der Waals surface area contributed by atoms with E-state index in [-0.39, 0.29) is 0 Å². The Morgan fingerprint density at radius 2 is 1.75 bits per heavy atom. The van der Waals surface area contributed by atoms with Gasteiger partial charge in [-0.25, -0.2) is 4.79 Å². The third-order valence-electron chi connectivity index (χ3n) is 6.21. The van der Waals surface area contributed by atoms with Crippen LogP contribution in [0.15, 0.2) is 72.3 Å². The Morgan fingerprint density at radius 3 is 2.50 bits per heavy atom. The van der Waals surface area contributed by atoms with Crippen LogP contribution in [0.3, 0.4) is 0 Å². The number of ether oxygens (including phenoxy) is 3. The van der Waals surface area contributed by atoms with Crippen LogP contribution in [0.25, 0.3) is 17.2 Å². The lowest BCUT2D eigenvalue weighted by atomic mass is 10.00. The Labute approximate surface area is 212 Å². The van der Waals surface area contributed by atoms with Gasteiger partial charge in [-0.2, -0.15) is 0 Å². The molecule has 0 unspecified atom stereocenters. The molecule has 6 heteroatoms. The molecule has 0 radical (unpaired) electrons. The molecule has 36 heavy (non-hydrogen) atoms. The van der Waals surface area contributed by atoms with Gasteiger partial charge in [-0.15, -0.1) is 0 Å². The van der Waals surface area contributed by atoms with E-state index in [4.69, 9.17) is 14.2 Å². The molecular formula is C30H33NO5. The van der Waals surface area contributed by atoms with E-state index in [1.165, 1.54) is 0 Å². The van der Waals surface area contributed by atoms with E-state index in [9.17, 15) is 9.90 Å². The van der Waals surface area contributed by atoms with Crippen LogP contribution in [-0.2, 0) is 16.1 Å². The lowest BCUT2D eigenvalue weighted by molar-refractivity contribution is -0.132. The normalized spacial score (nSPS) is 12.9. The smallest absolute Gasteiger partial charge is 0.331 e. The minimum absolute atomic E-state index is 0.407. The highest BCUT2D eigenvalue weighted by atomic mass is 16.5. The molecule has 0 amide bonds. The zero-order valence-corrected chi connectivity index (χ0v) is 20.9. The number of rotatable bonds is 11. The largest absolute Gasteiger partial charge is 0.496 e. The van der Waals surface area contributed by atoms with Gasteiger partial charge in [-0.1, -0.05) is 43.3 Å². The van der Waals surface area contributed by atoms with Crippen molar-refractivity contribution in [2.45, 2.75) is 26.3 Å². The topological polar surface area (TPSA) is 68.2 Å². The van der Waals surface area contributed by atoms with E-state index in [0.717, 1.165) is 52.5 Å². The number of fused-ring (bicyclic) bond motifs is 1. The quantitative estimate of drug-likeness (QED) is 0.332. The van der Waals surface area contributed by atoms with Crippen LogP contribution in [-0.4, -0.2) is 44.6 Å². The van der Waals surface area contributed by atoms with Crippen LogP contribution in [0.5, 0.6) is 11.5 Å². The van der Waals surface area contributed by atoms with Gasteiger partial charge in [0.05, 0.1) is 13.7 Å². The Balaban J connectivity index is 1.57. The number of hydrogen-bond acceptors (Lipinski definition) is 5. The van der Waals surface area contributed by atoms with Gasteiger partial charge in [0.2, 0.25) is 0 Å². The highest BCUT2D eigenvalue weighted by Crippen LogP contribution is 2.34. The van der Waals surface area contributed by atoms with Crippen LogP contribution in [0.1, 0.15) is 30.9 Å². The molecule has 1 aliphatic heterocycles. The van der Waals surface area contributed by atoms with Gasteiger partial charge in [-0.05, 0) is 65.9 Å². The van der Waals surface area contributed by atoms with Crippen molar-refractivity contribution < 1.29 is 24.1 Å². The van der Waals surface area contributed by atoms with E-state index >= 15 is 0 Å². The second-order valence-electron chi connectivity index (χ2n) is 8.72. The highest BCUT2D eigenvalue weighted by Gasteiger charge is 2.21. The van der Waals surface area contributed by atoms with Gasteiger partial charge in [0.1, 0.15) is 18.1 Å². The van der Waals surface area contributed by atoms with Crippen molar-refractivity contribution in [3.8, 4) is 22.6 Å². The number of carboxylic acid groups (broad SMARTS) is 1. The van der Waals surface area contributed by atoms with Crippen molar-refractivity contribution in [1.29, 1.82) is 0 Å². The molecule has 1 N–H and O–H groups in total. The summed E-state index contributed by atoms with van der Waals surface area (Å²) in [6.45, 7) is 5.15. The summed E-state index contributed by atoms with van der Waals surface area (Å²) in [6, 6.07) is 22.1. The number of hydrogen-bond donors (Lipinski definition) is 1. The Bertz CT molecular complexity index is 1200. The van der Waals surface area contributed by atoms with Gasteiger partial charge in [0.25, 0.3) is 0 Å². The van der Waals surface area contributed by atoms with Crippen molar-refractivity contribution in [3.63, 3.8) is 0 Å². The van der Waals surface area contributed by atoms with E-state index in [2.05, 4.69) is 30.0 Å². The predicted octanol–water partition coefficient (Wildman–Crippen LogP) is 6.05. The van der Waals surface area contributed by atoms with E-state index < -0.39 is 5.97 Å². The molecule has 3 aromatic rings. The first-order chi connectivity index (χ1) is 17.6. The summed E-state index contributed by atoms with van der Waals surface area (Å²) in [7, 11) is 1.67. The van der Waals surface area contributed by atoms with Gasteiger partial charge >= 0.3 is 5.97 Å². The van der Waals surface area contributed by atoms with Crippen molar-refractivity contribution in [2.24, 2.45) is 0 Å². The van der Waals surface area contributed by atoms with E-state index in [0.29, 0.717) is 38.3 Å². The summed E-state index contributed by atoms with van der Waals surface area (Å²) in [5.74, 6) is 0.741. The first-order valence-electron chi connectivity index (χ1n) is 12.3. The molecule has 1 heterocycles. The standard InChI is InChI=1S/C30H33NO5/c1-3-16-35-17-18-36-27-11-8-22(9-12-27)23-10-13-28-26(19-23)20-24(30(32)33)14-15-31(28)21-25-6-4-5-7-29(25)34-2/h4-13,19-20H,3,14-18,21H2,1-2H3,(H,32,33). The fraction of sp³-hybridized carbons (Fsp3) is 0.300. The molecule has 0 fully saturated rings. The maximum Gasteiger partial charge on any atom is 0.331 e. The first-order valence-corrected chi connectivity index (χ1v) is 12.3. The Morgan fingerprint density at radius 1 is 0.972 bits per heavy atom. The van der Waals surface area contributed by atoms with Gasteiger partial charge in [-0.3, -0.25) is 0 Å². The molecule has 0 aliphatic carbocycles. The molecule has 0 bridgehead atoms. The first kappa shape index (κ1) is 25.3. The lowest BCUT2D eigenvalue weighted by Crippen LogP contribution is -2.24. The molecule has 6 nitrogen and oxygen atoms in total. The summed E-state index contributed by atoms with van der Waals surface area (Å²) in [5.41, 5.74) is 5.43. The molecule has 0 saturated carbocycles. The zero-order valence-electron chi connectivity index (χ0n) is 20.9. The predicted molar refractivity (Wildman–Crippen MR) is 143 cm³/mol. The summed E-state index contributed by atoms with van der Waals surface area (Å²) < 4.78 is 16.8. The average Bonchev–Trinajstić information content (AvgIpc) is 3.08. The molecule has 0 spiro atoms. The van der Waals surface area contributed by atoms with Gasteiger partial charge in [0, 0.05) is 36.5 Å². The molecule has 3 aromatic carbocycles. The second kappa shape index (κ2) is 12.3. The number of methoxy groups -OCH3 is 1. The number of nitrogens with zero attached hydrogens (tertiary/aromatic N) is 1. The maximum atomic E-state index is 11.9. The van der Waals surface area contributed by atoms with Crippen LogP contribution >= 0.6 is 0 Å². The summed E-state index contributed by atoms with van der Waals surface area (Å²) in [6.07, 6.45) is 3.26. The van der Waals surface area contributed by atoms with Crippen molar-refractivity contribution in [3.05, 3.63) is 83.4 Å². The Kier molecular flexibility index (Phi) is 8.63. The molecule has 0 aromatic heterocycles. The van der Waals surface area contributed by atoms with Gasteiger partial charge < -0.3 is 24.2 Å². The molecule has 4 rings (SSSR count). The van der Waals surface area contributed by atoms with E-state index in [1.54, 1.807) is 13.2 Å². The van der Waals surface area contributed by atoms with Crippen molar-refractivity contribution in [2.75, 3.05) is 38.4 Å². The van der Waals surface area contributed by atoms with Crippen LogP contribution in [0, 0.1) is 0 Å². The number of carbonyl (C=O) groups is 1. The molecule has 0 saturated heterocycles. The molecule has 1 aliphatic rings. The number of para-hydroxylation sites is 1. The summed E-state index contributed by atoms with van der Waals surface area (Å²) >= 11 is 0. The maximum absolute atomic E-state index is 11.9. The van der Waals surface area contributed by atoms with Crippen molar-refractivity contribution >= 4 is 17.7 Å². The van der Waals surface area contributed by atoms with Gasteiger partial charge in [0.15, 0.2) is 0 Å². The highest BCUT2D eigenvalue weighted by molar-refractivity contribution is 5.94. The fourth-order valence-corrected chi connectivity index (χ4v) is 4.35. The minimum atomic E-state index is -0.880. The van der Waals surface area contributed by atoms with Crippen molar-refractivity contribution in [1.82, 2.24) is 0 Å². The third-order valence-corrected chi connectivity index (χ3v) is 6.21. The molecule has 0 atom stereocenters. The number of benzene rings is 3. The average molecular weight is 488 g/mol.